The van der Waals surface area contributed by atoms with Gasteiger partial charge >= 0.3 is 0 Å². The molecule has 0 aliphatic heterocycles. The zero-order valence-corrected chi connectivity index (χ0v) is 14.6. The molecule has 1 aromatic carbocycles. The number of carbonyl (C=O) groups excluding carboxylic acids is 1. The van der Waals surface area contributed by atoms with Crippen LogP contribution in [-0.2, 0) is 4.79 Å². The van der Waals surface area contributed by atoms with E-state index >= 15 is 0 Å². The number of amides is 1. The molecule has 0 aromatic heterocycles. The Morgan fingerprint density at radius 2 is 1.67 bits per heavy atom. The van der Waals surface area contributed by atoms with E-state index in [1.165, 1.54) is 6.42 Å². The van der Waals surface area contributed by atoms with Crippen molar-refractivity contribution in [3.63, 3.8) is 0 Å². The van der Waals surface area contributed by atoms with Gasteiger partial charge in [-0.3, -0.25) is 4.79 Å². The van der Waals surface area contributed by atoms with Crippen molar-refractivity contribution in [3.05, 3.63) is 18.2 Å². The first-order valence-electron chi connectivity index (χ1n) is 8.50. The fraction of sp³-hybridized carbons (Fsp3) is 0.611. The van der Waals surface area contributed by atoms with Crippen LogP contribution in [0.3, 0.4) is 0 Å². The van der Waals surface area contributed by atoms with E-state index in [1.54, 1.807) is 32.4 Å². The van der Waals surface area contributed by atoms with E-state index in [1.807, 2.05) is 0 Å². The van der Waals surface area contributed by atoms with Gasteiger partial charge in [0.2, 0.25) is 5.91 Å². The minimum absolute atomic E-state index is 0.0368. The summed E-state index contributed by atoms with van der Waals surface area (Å²) in [7, 11) is 3.20. The molecule has 0 radical (unpaired) electrons. The molecule has 1 aromatic rings. The number of methoxy groups -OCH3 is 2. The molecule has 1 saturated carbocycles. The molecule has 0 heterocycles. The monoisotopic (exact) mass is 336 g/mol. The summed E-state index contributed by atoms with van der Waals surface area (Å²) in [4.78, 5) is 12.2. The van der Waals surface area contributed by atoms with Gasteiger partial charge in [-0.25, -0.2) is 0 Å². The molecule has 0 bridgehead atoms. The van der Waals surface area contributed by atoms with Crippen LogP contribution in [0.5, 0.6) is 17.2 Å². The average molecular weight is 336 g/mol. The summed E-state index contributed by atoms with van der Waals surface area (Å²) in [5.74, 6) is 2.01. The third kappa shape index (κ3) is 5.03. The van der Waals surface area contributed by atoms with E-state index in [0.29, 0.717) is 36.8 Å². The van der Waals surface area contributed by atoms with Crippen LogP contribution in [0.1, 0.15) is 38.5 Å². The second-order valence-corrected chi connectivity index (χ2v) is 6.22. The van der Waals surface area contributed by atoms with E-state index in [0.717, 1.165) is 25.7 Å². The summed E-state index contributed by atoms with van der Waals surface area (Å²) >= 11 is 0. The predicted octanol–water partition coefficient (Wildman–Crippen LogP) is 2.25. The number of nitrogens with one attached hydrogen (secondary N) is 1. The van der Waals surface area contributed by atoms with Gasteiger partial charge in [-0.15, -0.1) is 0 Å². The molecule has 1 aliphatic carbocycles. The lowest BCUT2D eigenvalue weighted by atomic mass is 9.82. The number of nitrogens with two attached hydrogens (primary N) is 1. The lowest BCUT2D eigenvalue weighted by molar-refractivity contribution is -0.127. The quantitative estimate of drug-likeness (QED) is 0.712. The molecular formula is C18H28N2O4. The summed E-state index contributed by atoms with van der Waals surface area (Å²) in [6, 6.07) is 5.40. The van der Waals surface area contributed by atoms with Crippen molar-refractivity contribution < 1.29 is 19.0 Å². The van der Waals surface area contributed by atoms with Crippen molar-refractivity contribution in [2.45, 2.75) is 44.1 Å². The lowest BCUT2D eigenvalue weighted by Crippen LogP contribution is -2.55. The molecule has 1 fully saturated rings. The number of hydrogen-bond acceptors (Lipinski definition) is 5. The Kier molecular flexibility index (Phi) is 6.73. The highest BCUT2D eigenvalue weighted by atomic mass is 16.5. The van der Waals surface area contributed by atoms with Crippen LogP contribution < -0.4 is 25.3 Å². The number of ether oxygens (including phenoxy) is 3. The van der Waals surface area contributed by atoms with Crippen molar-refractivity contribution >= 4 is 5.91 Å². The van der Waals surface area contributed by atoms with Gasteiger partial charge in [0.1, 0.15) is 17.2 Å². The van der Waals surface area contributed by atoms with Crippen LogP contribution in [0.25, 0.3) is 0 Å². The Morgan fingerprint density at radius 1 is 1.08 bits per heavy atom. The van der Waals surface area contributed by atoms with Gasteiger partial charge in [0.25, 0.3) is 0 Å². The zero-order chi connectivity index (χ0) is 17.4. The first-order valence-corrected chi connectivity index (χ1v) is 8.50. The molecule has 1 aliphatic rings. The van der Waals surface area contributed by atoms with E-state index in [-0.39, 0.29) is 5.91 Å². The molecule has 6 heteroatoms. The standard InChI is InChI=1S/C18H28N2O4/c1-22-14-11-15(23-2)13-16(12-14)24-10-6-9-20-17(21)18(19)7-4-3-5-8-18/h11-13H,3-10,19H2,1-2H3,(H,20,21). The minimum atomic E-state index is -0.681. The fourth-order valence-electron chi connectivity index (χ4n) is 2.91. The maximum atomic E-state index is 12.2. The summed E-state index contributed by atoms with van der Waals surface area (Å²) in [5, 5.41) is 2.93. The highest BCUT2D eigenvalue weighted by Gasteiger charge is 2.34. The zero-order valence-electron chi connectivity index (χ0n) is 14.6. The molecule has 6 nitrogen and oxygen atoms in total. The molecule has 0 spiro atoms. The summed E-state index contributed by atoms with van der Waals surface area (Å²) in [6.45, 7) is 1.05. The highest BCUT2D eigenvalue weighted by molar-refractivity contribution is 5.86. The topological polar surface area (TPSA) is 82.8 Å². The highest BCUT2D eigenvalue weighted by Crippen LogP contribution is 2.27. The molecule has 2 rings (SSSR count). The molecule has 0 saturated heterocycles. The number of carbonyl (C=O) groups is 1. The molecule has 24 heavy (non-hydrogen) atoms. The van der Waals surface area contributed by atoms with Gasteiger partial charge in [-0.1, -0.05) is 19.3 Å². The summed E-state index contributed by atoms with van der Waals surface area (Å²) in [6.07, 6.45) is 5.50. The SMILES string of the molecule is COc1cc(OC)cc(OCCCNC(=O)C2(N)CCCCC2)c1. The van der Waals surface area contributed by atoms with Gasteiger partial charge in [0.15, 0.2) is 0 Å². The van der Waals surface area contributed by atoms with E-state index < -0.39 is 5.54 Å². The second kappa shape index (κ2) is 8.78. The van der Waals surface area contributed by atoms with Gasteiger partial charge in [0, 0.05) is 24.7 Å². The molecule has 3 N–H and O–H groups in total. The Labute approximate surface area is 143 Å². The largest absolute Gasteiger partial charge is 0.496 e. The Balaban J connectivity index is 1.72. The van der Waals surface area contributed by atoms with E-state index in [4.69, 9.17) is 19.9 Å². The van der Waals surface area contributed by atoms with Crippen molar-refractivity contribution in [1.82, 2.24) is 5.32 Å². The van der Waals surface area contributed by atoms with Gasteiger partial charge in [-0.2, -0.15) is 0 Å². The maximum absolute atomic E-state index is 12.2. The van der Waals surface area contributed by atoms with Crippen molar-refractivity contribution in [2.24, 2.45) is 5.73 Å². The maximum Gasteiger partial charge on any atom is 0.240 e. The molecule has 1 amide bonds. The number of hydrogen-bond donors (Lipinski definition) is 2. The summed E-state index contributed by atoms with van der Waals surface area (Å²) < 4.78 is 16.1. The Morgan fingerprint density at radius 3 is 2.25 bits per heavy atom. The first kappa shape index (κ1) is 18.4. The number of benzene rings is 1. The van der Waals surface area contributed by atoms with E-state index in [2.05, 4.69) is 5.32 Å². The third-order valence-electron chi connectivity index (χ3n) is 4.40. The minimum Gasteiger partial charge on any atom is -0.496 e. The van der Waals surface area contributed by atoms with Crippen LogP contribution in [0.2, 0.25) is 0 Å². The lowest BCUT2D eigenvalue weighted by Gasteiger charge is -2.31. The van der Waals surface area contributed by atoms with Crippen molar-refractivity contribution in [2.75, 3.05) is 27.4 Å². The first-order chi connectivity index (χ1) is 11.6. The van der Waals surface area contributed by atoms with Crippen LogP contribution in [0, 0.1) is 0 Å². The molecule has 0 atom stereocenters. The van der Waals surface area contributed by atoms with Gasteiger partial charge < -0.3 is 25.3 Å². The second-order valence-electron chi connectivity index (χ2n) is 6.22. The predicted molar refractivity (Wildman–Crippen MR) is 92.7 cm³/mol. The Hall–Kier alpha value is -1.95. The number of rotatable bonds is 8. The molecule has 134 valence electrons. The average Bonchev–Trinajstić information content (AvgIpc) is 2.61. The Bertz CT molecular complexity index is 520. The molecule has 0 unspecified atom stereocenters. The van der Waals surface area contributed by atoms with Crippen LogP contribution in [0.4, 0.5) is 0 Å². The van der Waals surface area contributed by atoms with Gasteiger partial charge in [0.05, 0.1) is 26.4 Å². The summed E-state index contributed by atoms with van der Waals surface area (Å²) in [5.41, 5.74) is 5.52. The van der Waals surface area contributed by atoms with E-state index in [9.17, 15) is 4.79 Å². The van der Waals surface area contributed by atoms with Crippen LogP contribution in [0.15, 0.2) is 18.2 Å². The smallest absolute Gasteiger partial charge is 0.240 e. The third-order valence-corrected chi connectivity index (χ3v) is 4.40. The molecular weight excluding hydrogens is 308 g/mol. The van der Waals surface area contributed by atoms with Crippen LogP contribution in [-0.4, -0.2) is 38.8 Å². The van der Waals surface area contributed by atoms with Crippen molar-refractivity contribution in [1.29, 1.82) is 0 Å². The van der Waals surface area contributed by atoms with Crippen LogP contribution >= 0.6 is 0 Å². The fourth-order valence-corrected chi connectivity index (χ4v) is 2.91. The van der Waals surface area contributed by atoms with Gasteiger partial charge in [-0.05, 0) is 19.3 Å². The van der Waals surface area contributed by atoms with Crippen molar-refractivity contribution in [3.8, 4) is 17.2 Å². The normalized spacial score (nSPS) is 16.3.